The van der Waals surface area contributed by atoms with Gasteiger partial charge in [-0.15, -0.1) is 0 Å². The zero-order valence-corrected chi connectivity index (χ0v) is 13.3. The van der Waals surface area contributed by atoms with E-state index in [0.29, 0.717) is 24.3 Å². The number of rotatable bonds is 3. The molecule has 120 valence electrons. The predicted octanol–water partition coefficient (Wildman–Crippen LogP) is 2.44. The van der Waals surface area contributed by atoms with Crippen molar-refractivity contribution < 1.29 is 17.8 Å². The molecule has 0 radical (unpaired) electrons. The fraction of sp³-hybridized carbons (Fsp3) is 0.188. The Bertz CT molecular complexity index is 860. The minimum absolute atomic E-state index is 0.198. The van der Waals surface area contributed by atoms with Gasteiger partial charge in [-0.25, -0.2) is 4.79 Å². The van der Waals surface area contributed by atoms with Crippen LogP contribution in [0.25, 0.3) is 11.1 Å². The van der Waals surface area contributed by atoms with Crippen LogP contribution in [0.5, 0.6) is 0 Å². The van der Waals surface area contributed by atoms with Gasteiger partial charge in [0, 0.05) is 18.7 Å². The van der Waals surface area contributed by atoms with E-state index < -0.39 is 10.1 Å². The fourth-order valence-corrected chi connectivity index (χ4v) is 3.08. The summed E-state index contributed by atoms with van der Waals surface area (Å²) in [4.78, 5) is 13.3. The summed E-state index contributed by atoms with van der Waals surface area (Å²) in [6.45, 7) is 2.99. The Morgan fingerprint density at radius 1 is 1.13 bits per heavy atom. The van der Waals surface area contributed by atoms with E-state index in [9.17, 15) is 17.8 Å². The van der Waals surface area contributed by atoms with Crippen LogP contribution < -0.4 is 10.2 Å². The Morgan fingerprint density at radius 2 is 1.83 bits per heavy atom. The van der Waals surface area contributed by atoms with Crippen LogP contribution in [0.2, 0.25) is 0 Å². The fourth-order valence-electron chi connectivity index (χ4n) is 2.58. The largest absolute Gasteiger partial charge is 0.336 e. The molecule has 3 rings (SSSR count). The molecule has 0 aromatic heterocycles. The summed E-state index contributed by atoms with van der Waals surface area (Å²) in [6.07, 6.45) is 0. The summed E-state index contributed by atoms with van der Waals surface area (Å²) in [5.41, 5.74) is 3.03. The molecule has 0 saturated carbocycles. The maximum Gasteiger partial charge on any atom is 0.322 e. The number of carbonyl (C=O) groups excluding carboxylic acids is 1. The molecule has 0 aliphatic carbocycles. The summed E-state index contributed by atoms with van der Waals surface area (Å²) in [5, 5.41) is 2.72. The van der Waals surface area contributed by atoms with Crippen molar-refractivity contribution in [2.75, 3.05) is 18.0 Å². The number of nitrogens with zero attached hydrogens (tertiary/aromatic N) is 1. The van der Waals surface area contributed by atoms with Crippen molar-refractivity contribution in [2.24, 2.45) is 0 Å². The van der Waals surface area contributed by atoms with Gasteiger partial charge in [0.05, 0.1) is 10.6 Å². The standard InChI is InChI=1S/C16H16N2O4S/c1-11-2-4-12(5-3-11)14-10-13(23(20,21)22)6-7-15(14)18-9-8-17-16(18)19/h2-7,10H,8-9H2,1H3,(H,17,19)(H,20,21,22). The second kappa shape index (κ2) is 5.68. The van der Waals surface area contributed by atoms with Gasteiger partial charge in [0.15, 0.2) is 0 Å². The van der Waals surface area contributed by atoms with Gasteiger partial charge < -0.3 is 5.32 Å². The van der Waals surface area contributed by atoms with Crippen molar-refractivity contribution in [3.63, 3.8) is 0 Å². The van der Waals surface area contributed by atoms with Crippen molar-refractivity contribution >= 4 is 21.8 Å². The minimum Gasteiger partial charge on any atom is -0.336 e. The van der Waals surface area contributed by atoms with Gasteiger partial charge >= 0.3 is 6.03 Å². The quantitative estimate of drug-likeness (QED) is 0.845. The van der Waals surface area contributed by atoms with Crippen LogP contribution in [0.3, 0.4) is 0 Å². The molecule has 7 heteroatoms. The first kappa shape index (κ1) is 15.5. The van der Waals surface area contributed by atoms with Crippen molar-refractivity contribution in [1.29, 1.82) is 0 Å². The first-order valence-electron chi connectivity index (χ1n) is 7.10. The van der Waals surface area contributed by atoms with Crippen LogP contribution in [0, 0.1) is 6.92 Å². The Morgan fingerprint density at radius 3 is 2.39 bits per heavy atom. The topological polar surface area (TPSA) is 86.7 Å². The van der Waals surface area contributed by atoms with Crippen molar-refractivity contribution in [3.8, 4) is 11.1 Å². The Kier molecular flexibility index (Phi) is 3.83. The van der Waals surface area contributed by atoms with Crippen LogP contribution in [0.4, 0.5) is 10.5 Å². The lowest BCUT2D eigenvalue weighted by Crippen LogP contribution is -2.28. The molecule has 6 nitrogen and oxygen atoms in total. The van der Waals surface area contributed by atoms with E-state index in [1.165, 1.54) is 12.1 Å². The minimum atomic E-state index is -4.31. The second-order valence-corrected chi connectivity index (χ2v) is 6.83. The summed E-state index contributed by atoms with van der Waals surface area (Å²) in [7, 11) is -4.31. The van der Waals surface area contributed by atoms with Gasteiger partial charge in [0.25, 0.3) is 10.1 Å². The first-order valence-corrected chi connectivity index (χ1v) is 8.54. The van der Waals surface area contributed by atoms with Crippen molar-refractivity contribution in [3.05, 3.63) is 48.0 Å². The van der Waals surface area contributed by atoms with Crippen molar-refractivity contribution in [2.45, 2.75) is 11.8 Å². The molecule has 0 bridgehead atoms. The highest BCUT2D eigenvalue weighted by atomic mass is 32.2. The normalized spacial score (nSPS) is 14.9. The monoisotopic (exact) mass is 332 g/mol. The molecular formula is C16H16N2O4S. The van der Waals surface area contributed by atoms with Crippen LogP contribution in [0.1, 0.15) is 5.56 Å². The number of benzene rings is 2. The number of anilines is 1. The molecule has 1 fully saturated rings. The smallest absolute Gasteiger partial charge is 0.322 e. The Labute approximate surface area is 134 Å². The second-order valence-electron chi connectivity index (χ2n) is 5.40. The number of amides is 2. The van der Waals surface area contributed by atoms with Gasteiger partial charge in [-0.2, -0.15) is 8.42 Å². The lowest BCUT2D eigenvalue weighted by atomic mass is 10.0. The van der Waals surface area contributed by atoms with Gasteiger partial charge in [0.1, 0.15) is 0 Å². The third kappa shape index (κ3) is 3.06. The highest BCUT2D eigenvalue weighted by Gasteiger charge is 2.25. The van der Waals surface area contributed by atoms with Gasteiger partial charge in [-0.3, -0.25) is 9.45 Å². The van der Waals surface area contributed by atoms with E-state index in [1.54, 1.807) is 11.0 Å². The van der Waals surface area contributed by atoms with Crippen LogP contribution >= 0.6 is 0 Å². The maximum atomic E-state index is 11.9. The third-order valence-electron chi connectivity index (χ3n) is 3.78. The molecule has 2 aromatic carbocycles. The molecule has 1 heterocycles. The zero-order chi connectivity index (χ0) is 16.6. The number of aryl methyl sites for hydroxylation is 1. The highest BCUT2D eigenvalue weighted by molar-refractivity contribution is 7.85. The van der Waals surface area contributed by atoms with Gasteiger partial charge in [0.2, 0.25) is 0 Å². The lowest BCUT2D eigenvalue weighted by Gasteiger charge is -2.19. The molecule has 0 atom stereocenters. The molecule has 1 aliphatic heterocycles. The Balaban J connectivity index is 2.19. The maximum absolute atomic E-state index is 11.9. The van der Waals surface area contributed by atoms with E-state index in [0.717, 1.165) is 11.1 Å². The van der Waals surface area contributed by atoms with Crippen molar-refractivity contribution in [1.82, 2.24) is 5.32 Å². The highest BCUT2D eigenvalue weighted by Crippen LogP contribution is 2.34. The summed E-state index contributed by atoms with van der Waals surface area (Å²) in [6, 6.07) is 11.5. The number of urea groups is 1. The van der Waals surface area contributed by atoms with E-state index in [1.807, 2.05) is 31.2 Å². The molecule has 1 saturated heterocycles. The van der Waals surface area contributed by atoms with E-state index in [-0.39, 0.29) is 10.9 Å². The van der Waals surface area contributed by atoms with Crippen LogP contribution in [-0.2, 0) is 10.1 Å². The molecule has 2 N–H and O–H groups in total. The first-order chi connectivity index (χ1) is 10.9. The molecular weight excluding hydrogens is 316 g/mol. The predicted molar refractivity (Wildman–Crippen MR) is 87.2 cm³/mol. The van der Waals surface area contributed by atoms with Crippen LogP contribution in [0.15, 0.2) is 47.4 Å². The summed E-state index contributed by atoms with van der Waals surface area (Å²) < 4.78 is 32.2. The summed E-state index contributed by atoms with van der Waals surface area (Å²) >= 11 is 0. The third-order valence-corrected chi connectivity index (χ3v) is 4.63. The van der Waals surface area contributed by atoms with E-state index >= 15 is 0 Å². The average molecular weight is 332 g/mol. The van der Waals surface area contributed by atoms with E-state index in [4.69, 9.17) is 0 Å². The number of nitrogens with one attached hydrogen (secondary N) is 1. The summed E-state index contributed by atoms with van der Waals surface area (Å²) in [5.74, 6) is 0. The molecule has 0 spiro atoms. The lowest BCUT2D eigenvalue weighted by molar-refractivity contribution is 0.252. The van der Waals surface area contributed by atoms with Gasteiger partial charge in [-0.1, -0.05) is 29.8 Å². The van der Waals surface area contributed by atoms with E-state index in [2.05, 4.69) is 5.32 Å². The average Bonchev–Trinajstić information content (AvgIpc) is 2.92. The Hall–Kier alpha value is -2.38. The number of carbonyl (C=O) groups is 1. The molecule has 2 aromatic rings. The molecule has 0 unspecified atom stereocenters. The SMILES string of the molecule is Cc1ccc(-c2cc(S(=O)(=O)O)ccc2N2CCNC2=O)cc1. The number of hydrogen-bond acceptors (Lipinski definition) is 3. The molecule has 2 amide bonds. The molecule has 1 aliphatic rings. The molecule has 23 heavy (non-hydrogen) atoms. The van der Waals surface area contributed by atoms with Gasteiger partial charge in [-0.05, 0) is 30.7 Å². The zero-order valence-electron chi connectivity index (χ0n) is 12.5. The van der Waals surface area contributed by atoms with Crippen LogP contribution in [-0.4, -0.2) is 32.1 Å². The number of hydrogen-bond donors (Lipinski definition) is 2.